The lowest BCUT2D eigenvalue weighted by Crippen LogP contribution is -1.97. The normalized spacial score (nSPS) is 10.5. The van der Waals surface area contributed by atoms with Gasteiger partial charge in [-0.05, 0) is 42.7 Å². The van der Waals surface area contributed by atoms with Crippen molar-refractivity contribution in [3.8, 4) is 17.3 Å². The van der Waals surface area contributed by atoms with Crippen molar-refractivity contribution in [2.75, 3.05) is 5.73 Å². The molecule has 0 atom stereocenters. The van der Waals surface area contributed by atoms with E-state index in [0.29, 0.717) is 17.6 Å². The molecule has 3 heterocycles. The molecule has 0 amide bonds. The number of nitrogen functional groups attached to an aromatic ring is 1. The zero-order chi connectivity index (χ0) is 15.5. The molecule has 0 aliphatic rings. The molecular formula is C17H14N5. The third-order valence-electron chi connectivity index (χ3n) is 3.47. The van der Waals surface area contributed by atoms with Gasteiger partial charge in [-0.25, -0.2) is 4.98 Å². The van der Waals surface area contributed by atoms with E-state index in [2.05, 4.69) is 15.0 Å². The Morgan fingerprint density at radius 2 is 2.18 bits per heavy atom. The molecule has 107 valence electrons. The van der Waals surface area contributed by atoms with E-state index in [9.17, 15) is 0 Å². The Balaban J connectivity index is 2.14. The molecule has 0 aliphatic heterocycles. The summed E-state index contributed by atoms with van der Waals surface area (Å²) < 4.78 is 0. The first-order chi connectivity index (χ1) is 10.7. The minimum absolute atomic E-state index is 0.539. The number of rotatable bonds is 3. The second-order valence-corrected chi connectivity index (χ2v) is 5.04. The molecule has 0 unspecified atom stereocenters. The molecule has 0 aromatic carbocycles. The van der Waals surface area contributed by atoms with Crippen LogP contribution in [0.3, 0.4) is 0 Å². The number of hydrogen-bond donors (Lipinski definition) is 1. The van der Waals surface area contributed by atoms with Gasteiger partial charge in [-0.15, -0.1) is 0 Å². The highest BCUT2D eigenvalue weighted by molar-refractivity contribution is 5.89. The Bertz CT molecular complexity index is 880. The summed E-state index contributed by atoms with van der Waals surface area (Å²) >= 11 is 0. The number of fused-ring (bicyclic) bond motifs is 1. The smallest absolute Gasteiger partial charge is 0.112 e. The fourth-order valence-electron chi connectivity index (χ4n) is 2.33. The lowest BCUT2D eigenvalue weighted by atomic mass is 10.1. The quantitative estimate of drug-likeness (QED) is 0.800. The van der Waals surface area contributed by atoms with Crippen LogP contribution in [-0.4, -0.2) is 15.0 Å². The molecule has 3 rings (SSSR count). The van der Waals surface area contributed by atoms with Crippen molar-refractivity contribution >= 4 is 16.7 Å². The van der Waals surface area contributed by atoms with Gasteiger partial charge in [0, 0.05) is 24.2 Å². The highest BCUT2D eigenvalue weighted by atomic mass is 14.8. The first-order valence-corrected chi connectivity index (χ1v) is 6.86. The predicted molar refractivity (Wildman–Crippen MR) is 85.5 cm³/mol. The zero-order valence-electron chi connectivity index (χ0n) is 12.1. The number of aryl methyl sites for hydroxylation is 1. The van der Waals surface area contributed by atoms with Crippen LogP contribution in [0, 0.1) is 24.7 Å². The molecule has 0 saturated carbocycles. The van der Waals surface area contributed by atoms with E-state index >= 15 is 0 Å². The van der Waals surface area contributed by atoms with Crippen molar-refractivity contribution in [2.24, 2.45) is 0 Å². The molecular weight excluding hydrogens is 274 g/mol. The van der Waals surface area contributed by atoms with Crippen molar-refractivity contribution in [2.45, 2.75) is 13.3 Å². The number of nitriles is 1. The van der Waals surface area contributed by atoms with Gasteiger partial charge in [0.15, 0.2) is 0 Å². The summed E-state index contributed by atoms with van der Waals surface area (Å²) in [5.41, 5.74) is 11.8. The lowest BCUT2D eigenvalue weighted by Gasteiger charge is -2.08. The minimum atomic E-state index is 0.539. The molecule has 3 aromatic rings. The van der Waals surface area contributed by atoms with Crippen LogP contribution in [0.5, 0.6) is 0 Å². The van der Waals surface area contributed by atoms with Crippen LogP contribution in [-0.2, 0) is 6.42 Å². The second-order valence-electron chi connectivity index (χ2n) is 5.04. The van der Waals surface area contributed by atoms with Crippen LogP contribution < -0.4 is 5.73 Å². The summed E-state index contributed by atoms with van der Waals surface area (Å²) in [6.45, 7) is 2.01. The van der Waals surface area contributed by atoms with Gasteiger partial charge in [0.1, 0.15) is 5.52 Å². The van der Waals surface area contributed by atoms with E-state index in [0.717, 1.165) is 27.9 Å². The van der Waals surface area contributed by atoms with Gasteiger partial charge >= 0.3 is 0 Å². The lowest BCUT2D eigenvalue weighted by molar-refractivity contribution is 1.16. The Morgan fingerprint density at radius 1 is 1.32 bits per heavy atom. The molecule has 22 heavy (non-hydrogen) atoms. The first-order valence-electron chi connectivity index (χ1n) is 6.86. The van der Waals surface area contributed by atoms with Crippen molar-refractivity contribution in [1.82, 2.24) is 15.0 Å². The number of aromatic nitrogens is 3. The van der Waals surface area contributed by atoms with Crippen molar-refractivity contribution in [1.29, 1.82) is 5.26 Å². The first kappa shape index (κ1) is 14.0. The number of nitrogens with zero attached hydrogens (tertiary/aromatic N) is 4. The van der Waals surface area contributed by atoms with Gasteiger partial charge in [0.2, 0.25) is 0 Å². The standard InChI is InChI=1S/C17H14N5/c1-11-4-6-20-10-13(11)15-8-14(19)17-16(22-15)7-12(9-21-17)3-2-5-18/h2,4,6-10H,3H2,1H3,(H2,19,22). The summed E-state index contributed by atoms with van der Waals surface area (Å²) in [6, 6.07) is 7.69. The molecule has 3 aromatic heterocycles. The zero-order valence-corrected chi connectivity index (χ0v) is 12.1. The maximum absolute atomic E-state index is 8.64. The summed E-state index contributed by atoms with van der Waals surface area (Å²) in [6.07, 6.45) is 7.33. The fourth-order valence-corrected chi connectivity index (χ4v) is 2.33. The molecule has 0 fully saturated rings. The van der Waals surface area contributed by atoms with Crippen LogP contribution in [0.4, 0.5) is 5.69 Å². The van der Waals surface area contributed by atoms with E-state index in [4.69, 9.17) is 11.0 Å². The Labute approximate surface area is 128 Å². The second kappa shape index (κ2) is 5.78. The Morgan fingerprint density at radius 3 is 2.95 bits per heavy atom. The van der Waals surface area contributed by atoms with Gasteiger partial charge < -0.3 is 5.73 Å². The van der Waals surface area contributed by atoms with Gasteiger partial charge in [-0.3, -0.25) is 9.97 Å². The summed E-state index contributed by atoms with van der Waals surface area (Å²) in [4.78, 5) is 13.2. The number of anilines is 1. The average molecular weight is 288 g/mol. The summed E-state index contributed by atoms with van der Waals surface area (Å²) in [7, 11) is 0. The Hall–Kier alpha value is -3.00. The molecule has 1 radical (unpaired) electrons. The fraction of sp³-hybridized carbons (Fsp3) is 0.118. The molecule has 0 bridgehead atoms. The minimum Gasteiger partial charge on any atom is -0.397 e. The van der Waals surface area contributed by atoms with Crippen LogP contribution in [0.1, 0.15) is 11.1 Å². The SMILES string of the molecule is Cc1ccncc1-c1cc(N)c2ncc(C[CH]C#N)cc2n1. The van der Waals surface area contributed by atoms with Crippen LogP contribution in [0.2, 0.25) is 0 Å². The van der Waals surface area contributed by atoms with E-state index in [1.54, 1.807) is 18.6 Å². The van der Waals surface area contributed by atoms with Crippen LogP contribution >= 0.6 is 0 Å². The van der Waals surface area contributed by atoms with E-state index in [1.165, 1.54) is 6.42 Å². The summed E-state index contributed by atoms with van der Waals surface area (Å²) in [5, 5.41) is 8.64. The molecule has 5 nitrogen and oxygen atoms in total. The molecule has 2 N–H and O–H groups in total. The number of pyridine rings is 3. The average Bonchev–Trinajstić information content (AvgIpc) is 2.53. The largest absolute Gasteiger partial charge is 0.397 e. The third-order valence-corrected chi connectivity index (χ3v) is 3.47. The maximum atomic E-state index is 8.64. The van der Waals surface area contributed by atoms with Gasteiger partial charge in [-0.2, -0.15) is 5.26 Å². The highest BCUT2D eigenvalue weighted by Crippen LogP contribution is 2.27. The van der Waals surface area contributed by atoms with Crippen molar-refractivity contribution < 1.29 is 0 Å². The van der Waals surface area contributed by atoms with E-state index in [1.807, 2.05) is 31.2 Å². The van der Waals surface area contributed by atoms with Crippen molar-refractivity contribution in [3.05, 3.63) is 54.3 Å². The van der Waals surface area contributed by atoms with Gasteiger partial charge in [0.25, 0.3) is 0 Å². The third kappa shape index (κ3) is 2.59. The topological polar surface area (TPSA) is 88.5 Å². The predicted octanol–water partition coefficient (Wildman–Crippen LogP) is 2.85. The Kier molecular flexibility index (Phi) is 3.67. The van der Waals surface area contributed by atoms with E-state index in [-0.39, 0.29) is 0 Å². The molecule has 0 saturated heterocycles. The van der Waals surface area contributed by atoms with Crippen LogP contribution in [0.15, 0.2) is 36.8 Å². The number of nitrogens with two attached hydrogens (primary N) is 1. The summed E-state index contributed by atoms with van der Waals surface area (Å²) in [5.74, 6) is 0. The highest BCUT2D eigenvalue weighted by Gasteiger charge is 2.09. The van der Waals surface area contributed by atoms with E-state index < -0.39 is 0 Å². The molecule has 5 heteroatoms. The monoisotopic (exact) mass is 288 g/mol. The van der Waals surface area contributed by atoms with Crippen LogP contribution in [0.25, 0.3) is 22.3 Å². The van der Waals surface area contributed by atoms with Gasteiger partial charge in [-0.1, -0.05) is 0 Å². The maximum Gasteiger partial charge on any atom is 0.112 e. The number of hydrogen-bond acceptors (Lipinski definition) is 5. The van der Waals surface area contributed by atoms with Gasteiger partial charge in [0.05, 0.1) is 29.4 Å². The van der Waals surface area contributed by atoms with Crippen molar-refractivity contribution in [3.63, 3.8) is 0 Å². The molecule has 0 aliphatic carbocycles. The molecule has 0 spiro atoms.